The van der Waals surface area contributed by atoms with E-state index >= 15 is 0 Å². The Morgan fingerprint density at radius 2 is 2.00 bits per heavy atom. The Kier molecular flexibility index (Phi) is 5.00. The molecule has 0 bridgehead atoms. The highest BCUT2D eigenvalue weighted by molar-refractivity contribution is 5.55. The fourth-order valence-electron chi connectivity index (χ4n) is 2.93. The Hall–Kier alpha value is -1.13. The zero-order valence-electron chi connectivity index (χ0n) is 13.0. The second-order valence-corrected chi connectivity index (χ2v) is 5.86. The maximum Gasteiger partial charge on any atom is 0.123 e. The van der Waals surface area contributed by atoms with Crippen molar-refractivity contribution >= 4 is 5.69 Å². The molecule has 1 heterocycles. The van der Waals surface area contributed by atoms with E-state index in [0.29, 0.717) is 6.04 Å². The quantitative estimate of drug-likeness (QED) is 0.914. The maximum absolute atomic E-state index is 13.5. The van der Waals surface area contributed by atoms with Crippen LogP contribution in [0.4, 0.5) is 10.1 Å². The smallest absolute Gasteiger partial charge is 0.123 e. The standard InChI is InChI=1S/C16H26FN3/c1-12(18-2)15-11-13(17)5-6-16(15)20(4)14-7-9-19(3)10-8-14/h5-6,11-12,14,18H,7-10H2,1-4H3. The lowest BCUT2D eigenvalue weighted by atomic mass is 10.00. The molecule has 2 rings (SSSR count). The summed E-state index contributed by atoms with van der Waals surface area (Å²) in [5.41, 5.74) is 2.18. The Morgan fingerprint density at radius 1 is 1.35 bits per heavy atom. The van der Waals surface area contributed by atoms with E-state index in [0.717, 1.165) is 37.2 Å². The van der Waals surface area contributed by atoms with Crippen LogP contribution >= 0.6 is 0 Å². The number of nitrogens with zero attached hydrogens (tertiary/aromatic N) is 2. The van der Waals surface area contributed by atoms with Gasteiger partial charge >= 0.3 is 0 Å². The van der Waals surface area contributed by atoms with Crippen molar-refractivity contribution < 1.29 is 4.39 Å². The van der Waals surface area contributed by atoms with Crippen molar-refractivity contribution in [1.82, 2.24) is 10.2 Å². The maximum atomic E-state index is 13.5. The van der Waals surface area contributed by atoms with Gasteiger partial charge in [-0.2, -0.15) is 0 Å². The molecule has 0 spiro atoms. The molecule has 1 N–H and O–H groups in total. The molecule has 1 aromatic carbocycles. The molecule has 1 saturated heterocycles. The number of nitrogens with one attached hydrogen (secondary N) is 1. The van der Waals surface area contributed by atoms with Gasteiger partial charge in [-0.05, 0) is 70.7 Å². The number of hydrogen-bond donors (Lipinski definition) is 1. The van der Waals surface area contributed by atoms with Crippen LogP contribution in [0.5, 0.6) is 0 Å². The van der Waals surface area contributed by atoms with Crippen LogP contribution in [0.2, 0.25) is 0 Å². The summed E-state index contributed by atoms with van der Waals surface area (Å²) in [6.45, 7) is 4.33. The molecule has 3 nitrogen and oxygen atoms in total. The van der Waals surface area contributed by atoms with Crippen molar-refractivity contribution in [2.45, 2.75) is 31.8 Å². The predicted octanol–water partition coefficient (Wildman–Crippen LogP) is 2.64. The molecule has 1 aromatic rings. The van der Waals surface area contributed by atoms with Gasteiger partial charge in [0, 0.05) is 24.8 Å². The molecule has 1 unspecified atom stereocenters. The molecule has 4 heteroatoms. The summed E-state index contributed by atoms with van der Waals surface area (Å²) in [6, 6.07) is 5.82. The first kappa shape index (κ1) is 15.3. The first-order valence-electron chi connectivity index (χ1n) is 7.41. The highest BCUT2D eigenvalue weighted by Crippen LogP contribution is 2.30. The highest BCUT2D eigenvalue weighted by Gasteiger charge is 2.23. The van der Waals surface area contributed by atoms with E-state index in [-0.39, 0.29) is 11.9 Å². The number of piperidine rings is 1. The van der Waals surface area contributed by atoms with Crippen LogP contribution < -0.4 is 10.2 Å². The molecule has 1 atom stereocenters. The molecule has 0 aromatic heterocycles. The van der Waals surface area contributed by atoms with Crippen molar-refractivity contribution in [3.8, 4) is 0 Å². The van der Waals surface area contributed by atoms with Crippen LogP contribution in [-0.2, 0) is 0 Å². The minimum atomic E-state index is -0.164. The molecular weight excluding hydrogens is 253 g/mol. The Labute approximate surface area is 121 Å². The van der Waals surface area contributed by atoms with Gasteiger partial charge in [0.25, 0.3) is 0 Å². The number of hydrogen-bond acceptors (Lipinski definition) is 3. The van der Waals surface area contributed by atoms with Crippen molar-refractivity contribution in [3.63, 3.8) is 0 Å². The average molecular weight is 279 g/mol. The summed E-state index contributed by atoms with van der Waals surface area (Å²) in [5.74, 6) is -0.164. The third kappa shape index (κ3) is 3.30. The first-order valence-corrected chi connectivity index (χ1v) is 7.41. The summed E-state index contributed by atoms with van der Waals surface area (Å²) in [4.78, 5) is 4.70. The molecule has 112 valence electrons. The van der Waals surface area contributed by atoms with E-state index in [1.54, 1.807) is 12.1 Å². The number of halogens is 1. The van der Waals surface area contributed by atoms with Gasteiger partial charge in [0.05, 0.1) is 0 Å². The molecule has 0 radical (unpaired) electrons. The number of rotatable bonds is 4. The minimum Gasteiger partial charge on any atom is -0.371 e. The van der Waals surface area contributed by atoms with Crippen LogP contribution in [0.25, 0.3) is 0 Å². The van der Waals surface area contributed by atoms with Crippen LogP contribution in [-0.4, -0.2) is 45.2 Å². The second kappa shape index (κ2) is 6.55. The lowest BCUT2D eigenvalue weighted by molar-refractivity contribution is 0.252. The van der Waals surface area contributed by atoms with Crippen molar-refractivity contribution in [3.05, 3.63) is 29.6 Å². The van der Waals surface area contributed by atoms with Gasteiger partial charge in [-0.15, -0.1) is 0 Å². The number of benzene rings is 1. The lowest BCUT2D eigenvalue weighted by Gasteiger charge is -2.37. The fraction of sp³-hybridized carbons (Fsp3) is 0.625. The summed E-state index contributed by atoms with van der Waals surface area (Å²) >= 11 is 0. The summed E-state index contributed by atoms with van der Waals surface area (Å²) in [6.07, 6.45) is 2.33. The van der Waals surface area contributed by atoms with Gasteiger partial charge in [-0.3, -0.25) is 0 Å². The van der Waals surface area contributed by atoms with E-state index < -0.39 is 0 Å². The predicted molar refractivity (Wildman–Crippen MR) is 82.8 cm³/mol. The van der Waals surface area contributed by atoms with E-state index in [4.69, 9.17) is 0 Å². The van der Waals surface area contributed by atoms with Crippen LogP contribution in [0, 0.1) is 5.82 Å². The Balaban J connectivity index is 2.22. The molecule has 1 aliphatic heterocycles. The first-order chi connectivity index (χ1) is 9.52. The molecule has 0 saturated carbocycles. The second-order valence-electron chi connectivity index (χ2n) is 5.86. The van der Waals surface area contributed by atoms with E-state index in [2.05, 4.69) is 36.1 Å². The third-order valence-corrected chi connectivity index (χ3v) is 4.50. The van der Waals surface area contributed by atoms with Crippen LogP contribution in [0.3, 0.4) is 0 Å². The van der Waals surface area contributed by atoms with Crippen molar-refractivity contribution in [2.24, 2.45) is 0 Å². The molecule has 1 aliphatic rings. The lowest BCUT2D eigenvalue weighted by Crippen LogP contribution is -2.42. The number of anilines is 1. The largest absolute Gasteiger partial charge is 0.371 e. The summed E-state index contributed by atoms with van der Waals surface area (Å²) in [5, 5.41) is 3.21. The number of likely N-dealkylation sites (tertiary alicyclic amines) is 1. The zero-order chi connectivity index (χ0) is 14.7. The van der Waals surface area contributed by atoms with Crippen LogP contribution in [0.1, 0.15) is 31.4 Å². The summed E-state index contributed by atoms with van der Waals surface area (Å²) in [7, 11) is 6.21. The zero-order valence-corrected chi connectivity index (χ0v) is 13.0. The van der Waals surface area contributed by atoms with Gasteiger partial charge in [-0.1, -0.05) is 0 Å². The molecule has 0 aliphatic carbocycles. The molecule has 0 amide bonds. The van der Waals surface area contributed by atoms with Gasteiger partial charge in [0.15, 0.2) is 0 Å². The highest BCUT2D eigenvalue weighted by atomic mass is 19.1. The van der Waals surface area contributed by atoms with Gasteiger partial charge in [0.2, 0.25) is 0 Å². The molecular formula is C16H26FN3. The van der Waals surface area contributed by atoms with E-state index in [1.807, 2.05) is 13.1 Å². The third-order valence-electron chi connectivity index (χ3n) is 4.50. The van der Waals surface area contributed by atoms with Gasteiger partial charge in [-0.25, -0.2) is 4.39 Å². The monoisotopic (exact) mass is 279 g/mol. The van der Waals surface area contributed by atoms with Crippen molar-refractivity contribution in [1.29, 1.82) is 0 Å². The summed E-state index contributed by atoms with van der Waals surface area (Å²) < 4.78 is 13.5. The van der Waals surface area contributed by atoms with E-state index in [1.165, 1.54) is 0 Å². The molecule has 20 heavy (non-hydrogen) atoms. The average Bonchev–Trinajstić information content (AvgIpc) is 2.46. The van der Waals surface area contributed by atoms with Crippen LogP contribution in [0.15, 0.2) is 18.2 Å². The van der Waals surface area contributed by atoms with Crippen molar-refractivity contribution in [2.75, 3.05) is 39.1 Å². The normalized spacial score (nSPS) is 19.1. The SMILES string of the molecule is CNC(C)c1cc(F)ccc1N(C)C1CCN(C)CC1. The Bertz CT molecular complexity index is 441. The minimum absolute atomic E-state index is 0.148. The topological polar surface area (TPSA) is 18.5 Å². The van der Waals surface area contributed by atoms with Gasteiger partial charge in [0.1, 0.15) is 5.82 Å². The Morgan fingerprint density at radius 3 is 2.60 bits per heavy atom. The molecule has 1 fully saturated rings. The fourth-order valence-corrected chi connectivity index (χ4v) is 2.93. The van der Waals surface area contributed by atoms with Gasteiger partial charge < -0.3 is 15.1 Å². The van der Waals surface area contributed by atoms with E-state index in [9.17, 15) is 4.39 Å².